The molecule has 0 spiro atoms. The van der Waals surface area contributed by atoms with Crippen LogP contribution in [0.3, 0.4) is 0 Å². The van der Waals surface area contributed by atoms with Crippen molar-refractivity contribution in [1.82, 2.24) is 0 Å². The van der Waals surface area contributed by atoms with E-state index >= 15 is 0 Å². The second kappa shape index (κ2) is 6.71. The van der Waals surface area contributed by atoms with Gasteiger partial charge in [-0.05, 0) is 17.8 Å². The molecule has 0 radical (unpaired) electrons. The Morgan fingerprint density at radius 3 is 2.73 bits per heavy atom. The van der Waals surface area contributed by atoms with Crippen molar-refractivity contribution in [3.8, 4) is 0 Å². The van der Waals surface area contributed by atoms with Crippen LogP contribution in [0.5, 0.6) is 0 Å². The predicted octanol–water partition coefficient (Wildman–Crippen LogP) is -1.14. The molecule has 1 atom stereocenters. The van der Waals surface area contributed by atoms with Crippen LogP contribution in [0, 0.1) is 10.1 Å². The zero-order chi connectivity index (χ0) is 11.8. The van der Waals surface area contributed by atoms with Gasteiger partial charge in [0, 0.05) is 0 Å². The lowest BCUT2D eigenvalue weighted by Crippen LogP contribution is -2.31. The van der Waals surface area contributed by atoms with Gasteiger partial charge in [-0.1, -0.05) is 0 Å². The number of rotatable bonds is 5. The third kappa shape index (κ3) is 5.57. The zero-order valence-corrected chi connectivity index (χ0v) is 8.38. The van der Waals surface area contributed by atoms with Crippen LogP contribution < -0.4 is 11.5 Å². The van der Waals surface area contributed by atoms with Crippen LogP contribution >= 0.6 is 0 Å². The topological polar surface area (TPSA) is 134 Å². The van der Waals surface area contributed by atoms with Crippen molar-refractivity contribution in [2.24, 2.45) is 16.5 Å². The summed E-state index contributed by atoms with van der Waals surface area (Å²) in [6.45, 7) is 0.164. The van der Waals surface area contributed by atoms with Crippen molar-refractivity contribution in [1.29, 1.82) is 0 Å². The number of methoxy groups -OCH3 is 1. The zero-order valence-electron chi connectivity index (χ0n) is 8.38. The van der Waals surface area contributed by atoms with Gasteiger partial charge in [0.25, 0.3) is 0 Å². The van der Waals surface area contributed by atoms with E-state index in [9.17, 15) is 14.9 Å². The Hall–Kier alpha value is -1.70. The van der Waals surface area contributed by atoms with E-state index in [0.717, 1.165) is 0 Å². The molecular weight excluding hydrogens is 204 g/mol. The van der Waals surface area contributed by atoms with Crippen molar-refractivity contribution in [2.75, 3.05) is 13.7 Å². The van der Waals surface area contributed by atoms with Gasteiger partial charge in [0.1, 0.15) is 12.6 Å². The number of carbonyl (C=O) groups is 1. The van der Waals surface area contributed by atoms with Gasteiger partial charge >= 0.3 is 11.9 Å². The minimum absolute atomic E-state index is 0.164. The number of nitrogens with two attached hydrogens (primary N) is 2. The minimum Gasteiger partial charge on any atom is -0.468 e. The van der Waals surface area contributed by atoms with Crippen molar-refractivity contribution >= 4 is 11.9 Å². The Morgan fingerprint density at radius 1 is 1.67 bits per heavy atom. The number of hydrogen-bond acceptors (Lipinski definition) is 6. The summed E-state index contributed by atoms with van der Waals surface area (Å²) in [7, 11) is 1.24. The molecule has 8 heteroatoms. The molecule has 0 aromatic rings. The predicted molar refractivity (Wildman–Crippen MR) is 52.7 cm³/mol. The minimum atomic E-state index is -0.778. The molecule has 0 aliphatic carbocycles. The number of aliphatic imine (C=N–C) groups is 1. The molecule has 0 aromatic carbocycles. The third-order valence-electron chi connectivity index (χ3n) is 1.64. The lowest BCUT2D eigenvalue weighted by Gasteiger charge is -2.06. The number of nitrogens with zero attached hydrogens (tertiary/aromatic N) is 2. The monoisotopic (exact) mass is 218 g/mol. The fraction of sp³-hybridized carbons (Fsp3) is 0.714. The normalized spacial score (nSPS) is 13.3. The average Bonchev–Trinajstić information content (AvgIpc) is 2.22. The van der Waals surface area contributed by atoms with E-state index in [0.29, 0.717) is 12.8 Å². The highest BCUT2D eigenvalue weighted by molar-refractivity contribution is 5.75. The molecule has 0 fully saturated rings. The SMILES string of the molecule is COC(=O)[C@@H](N)CCCN=C(N)[N+](=O)[O-]. The number of esters is 1. The van der Waals surface area contributed by atoms with Gasteiger partial charge in [-0.2, -0.15) is 0 Å². The second-order valence-electron chi connectivity index (χ2n) is 2.77. The lowest BCUT2D eigenvalue weighted by molar-refractivity contribution is -0.352. The maximum Gasteiger partial charge on any atom is 0.420 e. The molecule has 0 saturated carbocycles. The van der Waals surface area contributed by atoms with E-state index < -0.39 is 22.9 Å². The van der Waals surface area contributed by atoms with E-state index in [2.05, 4.69) is 9.73 Å². The van der Waals surface area contributed by atoms with Crippen LogP contribution in [0.15, 0.2) is 4.99 Å². The highest BCUT2D eigenvalue weighted by Crippen LogP contribution is 1.96. The van der Waals surface area contributed by atoms with Crippen LogP contribution in [0.4, 0.5) is 0 Å². The second-order valence-corrected chi connectivity index (χ2v) is 2.77. The standard InChI is InChI=1S/C7H14N4O4/c1-15-6(12)5(8)3-2-4-10-7(9)11(13)14/h5H,2-4,8H2,1H3,(H2,9,10)/t5-/m0/s1. The van der Waals surface area contributed by atoms with Crippen molar-refractivity contribution in [2.45, 2.75) is 18.9 Å². The van der Waals surface area contributed by atoms with Gasteiger partial charge in [0.15, 0.2) is 0 Å². The molecule has 0 amide bonds. The Bertz CT molecular complexity index is 266. The maximum absolute atomic E-state index is 10.8. The average molecular weight is 218 g/mol. The third-order valence-corrected chi connectivity index (χ3v) is 1.64. The van der Waals surface area contributed by atoms with Crippen molar-refractivity contribution in [3.05, 3.63) is 10.1 Å². The van der Waals surface area contributed by atoms with Crippen LogP contribution in [0.25, 0.3) is 0 Å². The fourth-order valence-corrected chi connectivity index (χ4v) is 0.832. The summed E-state index contributed by atoms with van der Waals surface area (Å²) in [4.78, 5) is 23.6. The first-order chi connectivity index (χ1) is 6.99. The Morgan fingerprint density at radius 2 is 2.27 bits per heavy atom. The largest absolute Gasteiger partial charge is 0.468 e. The first-order valence-corrected chi connectivity index (χ1v) is 4.26. The summed E-state index contributed by atoms with van der Waals surface area (Å²) < 4.78 is 4.40. The maximum atomic E-state index is 10.8. The summed E-state index contributed by atoms with van der Waals surface area (Å²) in [5, 5.41) is 10.0. The van der Waals surface area contributed by atoms with Crippen LogP contribution in [-0.2, 0) is 9.53 Å². The number of hydrogen-bond donors (Lipinski definition) is 2. The van der Waals surface area contributed by atoms with Gasteiger partial charge in [0.05, 0.1) is 7.11 Å². The van der Waals surface area contributed by atoms with Crippen LogP contribution in [0.1, 0.15) is 12.8 Å². The number of nitro groups is 1. The van der Waals surface area contributed by atoms with Gasteiger partial charge in [-0.3, -0.25) is 10.5 Å². The van der Waals surface area contributed by atoms with E-state index in [-0.39, 0.29) is 6.54 Å². The summed E-state index contributed by atoms with van der Waals surface area (Å²) in [5.41, 5.74) is 10.4. The lowest BCUT2D eigenvalue weighted by atomic mass is 10.2. The van der Waals surface area contributed by atoms with E-state index in [1.807, 2.05) is 0 Å². The Labute approximate surface area is 86.4 Å². The Balaban J connectivity index is 3.76. The fourth-order valence-electron chi connectivity index (χ4n) is 0.832. The summed E-state index contributed by atoms with van der Waals surface area (Å²) in [5.74, 6) is -1.15. The van der Waals surface area contributed by atoms with Crippen LogP contribution in [0.2, 0.25) is 0 Å². The summed E-state index contributed by atoms with van der Waals surface area (Å²) >= 11 is 0. The summed E-state index contributed by atoms with van der Waals surface area (Å²) in [6, 6.07) is -0.720. The van der Waals surface area contributed by atoms with Crippen molar-refractivity contribution < 1.29 is 14.5 Å². The molecule has 0 rings (SSSR count). The molecule has 4 N–H and O–H groups in total. The highest BCUT2D eigenvalue weighted by Gasteiger charge is 2.13. The molecule has 0 bridgehead atoms. The van der Waals surface area contributed by atoms with Gasteiger partial charge in [-0.25, -0.2) is 0 Å². The molecule has 15 heavy (non-hydrogen) atoms. The van der Waals surface area contributed by atoms with E-state index in [4.69, 9.17) is 11.5 Å². The molecule has 0 aliphatic rings. The molecule has 0 saturated heterocycles. The molecule has 0 aliphatic heterocycles. The molecule has 86 valence electrons. The van der Waals surface area contributed by atoms with Gasteiger partial charge in [-0.15, -0.1) is 4.99 Å². The Kier molecular flexibility index (Phi) is 5.95. The van der Waals surface area contributed by atoms with Gasteiger partial charge < -0.3 is 20.6 Å². The quantitative estimate of drug-likeness (QED) is 0.149. The first kappa shape index (κ1) is 13.3. The highest BCUT2D eigenvalue weighted by atomic mass is 16.6. The molecular formula is C7H14N4O4. The van der Waals surface area contributed by atoms with Crippen LogP contribution in [-0.4, -0.2) is 36.5 Å². The van der Waals surface area contributed by atoms with E-state index in [1.54, 1.807) is 0 Å². The van der Waals surface area contributed by atoms with Crippen molar-refractivity contribution in [3.63, 3.8) is 0 Å². The van der Waals surface area contributed by atoms with E-state index in [1.165, 1.54) is 7.11 Å². The molecule has 8 nitrogen and oxygen atoms in total. The first-order valence-electron chi connectivity index (χ1n) is 4.26. The van der Waals surface area contributed by atoms with Gasteiger partial charge in [0.2, 0.25) is 0 Å². The number of carbonyl (C=O) groups excluding carboxylic acids is 1. The summed E-state index contributed by atoms with van der Waals surface area (Å²) in [6.07, 6.45) is 0.784. The number of guanidine groups is 1. The molecule has 0 heterocycles. The molecule has 0 aromatic heterocycles. The molecule has 0 unspecified atom stereocenters. The number of ether oxygens (including phenoxy) is 1. The smallest absolute Gasteiger partial charge is 0.420 e.